The first-order valence-electron chi connectivity index (χ1n) is 10.7. The highest BCUT2D eigenvalue weighted by Gasteiger charge is 2.22. The van der Waals surface area contributed by atoms with E-state index in [2.05, 4.69) is 10.3 Å². The molecule has 0 saturated heterocycles. The molecular formula is C26H25N3O3S. The highest BCUT2D eigenvalue weighted by molar-refractivity contribution is 7.18. The maximum atomic E-state index is 12.8. The van der Waals surface area contributed by atoms with Crippen molar-refractivity contribution in [3.05, 3.63) is 95.0 Å². The first-order chi connectivity index (χ1) is 16.0. The topological polar surface area (TPSA) is 71.5 Å². The fourth-order valence-electron chi connectivity index (χ4n) is 3.35. The van der Waals surface area contributed by atoms with Gasteiger partial charge < -0.3 is 15.0 Å². The molecule has 0 aliphatic carbocycles. The second kappa shape index (κ2) is 10.3. The number of carbonyl (C=O) groups is 2. The van der Waals surface area contributed by atoms with Crippen LogP contribution < -0.4 is 10.1 Å². The highest BCUT2D eigenvalue weighted by Crippen LogP contribution is 2.29. The smallest absolute Gasteiger partial charge is 0.260 e. The van der Waals surface area contributed by atoms with Crippen LogP contribution in [-0.4, -0.2) is 35.4 Å². The van der Waals surface area contributed by atoms with Crippen molar-refractivity contribution in [3.8, 4) is 5.75 Å². The molecule has 3 aromatic carbocycles. The maximum Gasteiger partial charge on any atom is 0.260 e. The third-order valence-electron chi connectivity index (χ3n) is 5.42. The van der Waals surface area contributed by atoms with Gasteiger partial charge >= 0.3 is 0 Å². The molecule has 6 nitrogen and oxygen atoms in total. The first kappa shape index (κ1) is 22.5. The van der Waals surface area contributed by atoms with Crippen LogP contribution in [0, 0.1) is 0 Å². The Morgan fingerprint density at radius 2 is 1.70 bits per heavy atom. The van der Waals surface area contributed by atoms with E-state index in [-0.39, 0.29) is 24.5 Å². The molecule has 4 rings (SSSR count). The number of thiazole rings is 1. The quantitative estimate of drug-likeness (QED) is 0.410. The van der Waals surface area contributed by atoms with E-state index >= 15 is 0 Å². The van der Waals surface area contributed by atoms with Crippen molar-refractivity contribution >= 4 is 33.4 Å². The van der Waals surface area contributed by atoms with Crippen molar-refractivity contribution < 1.29 is 14.3 Å². The van der Waals surface area contributed by atoms with Gasteiger partial charge in [0, 0.05) is 13.6 Å². The average molecular weight is 460 g/mol. The van der Waals surface area contributed by atoms with Gasteiger partial charge in [0.2, 0.25) is 0 Å². The summed E-state index contributed by atoms with van der Waals surface area (Å²) < 4.78 is 6.86. The normalized spacial score (nSPS) is 11.7. The minimum absolute atomic E-state index is 0.172. The van der Waals surface area contributed by atoms with Crippen LogP contribution in [0.2, 0.25) is 0 Å². The van der Waals surface area contributed by atoms with Crippen molar-refractivity contribution in [1.29, 1.82) is 0 Å². The van der Waals surface area contributed by atoms with Crippen LogP contribution in [0.25, 0.3) is 10.2 Å². The maximum absolute atomic E-state index is 12.8. The Labute approximate surface area is 196 Å². The molecule has 33 heavy (non-hydrogen) atoms. The number of likely N-dealkylation sites (N-methyl/N-ethyl adjacent to an activating group) is 1. The number of para-hydroxylation sites is 2. The fraction of sp³-hybridized carbons (Fsp3) is 0.192. The molecule has 168 valence electrons. The molecule has 1 heterocycles. The van der Waals surface area contributed by atoms with E-state index in [4.69, 9.17) is 4.74 Å². The molecule has 7 heteroatoms. The molecule has 1 atom stereocenters. The van der Waals surface area contributed by atoms with Crippen LogP contribution in [0.1, 0.15) is 33.9 Å². The van der Waals surface area contributed by atoms with Crippen LogP contribution in [-0.2, 0) is 11.3 Å². The lowest BCUT2D eigenvalue weighted by Crippen LogP contribution is -2.34. The SMILES string of the molecule is C[C@H](c1nc2ccccc2s1)N(C)C(=O)COc1ccccc1C(=O)NCc1ccccc1. The lowest BCUT2D eigenvalue weighted by molar-refractivity contribution is -0.134. The third-order valence-corrected chi connectivity index (χ3v) is 6.63. The number of aromatic nitrogens is 1. The summed E-state index contributed by atoms with van der Waals surface area (Å²) in [5, 5.41) is 3.77. The molecule has 0 unspecified atom stereocenters. The Hall–Kier alpha value is -3.71. The molecule has 0 saturated carbocycles. The number of benzene rings is 3. The van der Waals surface area contributed by atoms with Gasteiger partial charge in [0.05, 0.1) is 21.8 Å². The number of carbonyl (C=O) groups excluding carboxylic acids is 2. The molecular weight excluding hydrogens is 434 g/mol. The zero-order chi connectivity index (χ0) is 23.2. The van der Waals surface area contributed by atoms with Gasteiger partial charge in [-0.1, -0.05) is 54.6 Å². The summed E-state index contributed by atoms with van der Waals surface area (Å²) in [6, 6.07) is 24.3. The average Bonchev–Trinajstić information content (AvgIpc) is 3.30. The Kier molecular flexibility index (Phi) is 7.00. The Morgan fingerprint density at radius 3 is 2.48 bits per heavy atom. The standard InChI is InChI=1S/C26H25N3O3S/c1-18(26-28-21-13-7-9-15-23(21)33-26)29(2)24(30)17-32-22-14-8-6-12-20(22)25(31)27-16-19-10-4-3-5-11-19/h3-15,18H,16-17H2,1-2H3,(H,27,31)/t18-/m1/s1. The van der Waals surface area contributed by atoms with Gasteiger partial charge in [-0.2, -0.15) is 0 Å². The molecule has 0 bridgehead atoms. The van der Waals surface area contributed by atoms with Gasteiger partial charge in [0.1, 0.15) is 10.8 Å². The second-order valence-corrected chi connectivity index (χ2v) is 8.72. The van der Waals surface area contributed by atoms with Crippen LogP contribution >= 0.6 is 11.3 Å². The number of ether oxygens (including phenoxy) is 1. The minimum Gasteiger partial charge on any atom is -0.483 e. The van der Waals surface area contributed by atoms with Gasteiger partial charge in [-0.3, -0.25) is 9.59 Å². The van der Waals surface area contributed by atoms with Gasteiger partial charge in [-0.25, -0.2) is 4.98 Å². The molecule has 0 spiro atoms. The van der Waals surface area contributed by atoms with E-state index in [1.54, 1.807) is 47.5 Å². The van der Waals surface area contributed by atoms with E-state index in [0.717, 1.165) is 20.8 Å². The van der Waals surface area contributed by atoms with Gasteiger partial charge in [0.15, 0.2) is 6.61 Å². The molecule has 1 aromatic heterocycles. The second-order valence-electron chi connectivity index (χ2n) is 7.65. The summed E-state index contributed by atoms with van der Waals surface area (Å²) >= 11 is 1.58. The lowest BCUT2D eigenvalue weighted by atomic mass is 10.1. The molecule has 2 amide bonds. The number of nitrogens with one attached hydrogen (secondary N) is 1. The van der Waals surface area contributed by atoms with E-state index in [0.29, 0.717) is 17.9 Å². The van der Waals surface area contributed by atoms with Gasteiger partial charge in [0.25, 0.3) is 11.8 Å². The Balaban J connectivity index is 1.38. The number of rotatable bonds is 8. The molecule has 4 aromatic rings. The Morgan fingerprint density at radius 1 is 1.00 bits per heavy atom. The van der Waals surface area contributed by atoms with Crippen LogP contribution in [0.3, 0.4) is 0 Å². The zero-order valence-corrected chi connectivity index (χ0v) is 19.3. The Bertz CT molecular complexity index is 1220. The lowest BCUT2D eigenvalue weighted by Gasteiger charge is -2.23. The summed E-state index contributed by atoms with van der Waals surface area (Å²) in [7, 11) is 1.74. The number of nitrogens with zero attached hydrogens (tertiary/aromatic N) is 2. The molecule has 1 N–H and O–H groups in total. The number of hydrogen-bond acceptors (Lipinski definition) is 5. The number of hydrogen-bond donors (Lipinski definition) is 1. The first-order valence-corrected chi connectivity index (χ1v) is 11.5. The van der Waals surface area contributed by atoms with E-state index in [9.17, 15) is 9.59 Å². The van der Waals surface area contributed by atoms with Crippen molar-refractivity contribution in [2.75, 3.05) is 13.7 Å². The molecule has 0 fully saturated rings. The summed E-state index contributed by atoms with van der Waals surface area (Å²) in [6.45, 7) is 2.19. The molecule has 0 radical (unpaired) electrons. The third kappa shape index (κ3) is 5.38. The van der Waals surface area contributed by atoms with E-state index < -0.39 is 0 Å². The summed E-state index contributed by atoms with van der Waals surface area (Å²) in [5.41, 5.74) is 2.32. The van der Waals surface area contributed by atoms with Crippen LogP contribution in [0.5, 0.6) is 5.75 Å². The molecule has 0 aliphatic rings. The summed E-state index contributed by atoms with van der Waals surface area (Å²) in [6.07, 6.45) is 0. The van der Waals surface area contributed by atoms with Gasteiger partial charge in [-0.15, -0.1) is 11.3 Å². The monoisotopic (exact) mass is 459 g/mol. The molecule has 0 aliphatic heterocycles. The predicted octanol–water partition coefficient (Wildman–Crippen LogP) is 4.82. The largest absolute Gasteiger partial charge is 0.483 e. The van der Waals surface area contributed by atoms with E-state index in [1.165, 1.54) is 0 Å². The zero-order valence-electron chi connectivity index (χ0n) is 18.5. The van der Waals surface area contributed by atoms with E-state index in [1.807, 2.05) is 61.5 Å². The summed E-state index contributed by atoms with van der Waals surface area (Å²) in [4.78, 5) is 31.8. The number of fused-ring (bicyclic) bond motifs is 1. The van der Waals surface area contributed by atoms with Crippen molar-refractivity contribution in [1.82, 2.24) is 15.2 Å². The highest BCUT2D eigenvalue weighted by atomic mass is 32.1. The predicted molar refractivity (Wildman–Crippen MR) is 130 cm³/mol. The van der Waals surface area contributed by atoms with Crippen molar-refractivity contribution in [2.45, 2.75) is 19.5 Å². The van der Waals surface area contributed by atoms with Crippen LogP contribution in [0.4, 0.5) is 0 Å². The van der Waals surface area contributed by atoms with Gasteiger partial charge in [-0.05, 0) is 36.8 Å². The fourth-order valence-corrected chi connectivity index (χ4v) is 4.41. The van der Waals surface area contributed by atoms with Crippen molar-refractivity contribution in [3.63, 3.8) is 0 Å². The summed E-state index contributed by atoms with van der Waals surface area (Å²) in [5.74, 6) is -0.0724. The number of amides is 2. The van der Waals surface area contributed by atoms with Crippen molar-refractivity contribution in [2.24, 2.45) is 0 Å². The van der Waals surface area contributed by atoms with Crippen LogP contribution in [0.15, 0.2) is 78.9 Å². The minimum atomic E-state index is -0.252.